The molecule has 0 atom stereocenters. The molecule has 0 unspecified atom stereocenters. The van der Waals surface area contributed by atoms with Crippen LogP contribution >= 0.6 is 24.0 Å². The number of guanidine groups is 1. The van der Waals surface area contributed by atoms with Crippen LogP contribution in [0.15, 0.2) is 47.5 Å². The number of ether oxygens (including phenoxy) is 2. The topological polar surface area (TPSA) is 67.8 Å². The molecule has 0 saturated heterocycles. The van der Waals surface area contributed by atoms with Gasteiger partial charge in [0.15, 0.2) is 5.96 Å². The molecule has 0 aliphatic heterocycles. The number of aliphatic imine (C=N–C) groups is 1. The van der Waals surface area contributed by atoms with E-state index < -0.39 is 0 Å². The number of hydrogen-bond donors (Lipinski definition) is 2. The lowest BCUT2D eigenvalue weighted by Gasteiger charge is -2.12. The van der Waals surface area contributed by atoms with Crippen molar-refractivity contribution >= 4 is 29.9 Å². The zero-order valence-corrected chi connectivity index (χ0v) is 17.1. The first kappa shape index (κ1) is 21.0. The van der Waals surface area contributed by atoms with Gasteiger partial charge in [0, 0.05) is 18.2 Å². The van der Waals surface area contributed by atoms with Gasteiger partial charge in [0.05, 0.1) is 33.0 Å². The van der Waals surface area contributed by atoms with Crippen molar-refractivity contribution in [2.45, 2.75) is 20.0 Å². The van der Waals surface area contributed by atoms with Gasteiger partial charge in [-0.25, -0.2) is 9.98 Å². The molecule has 2 N–H and O–H groups in total. The van der Waals surface area contributed by atoms with Crippen molar-refractivity contribution in [3.05, 3.63) is 53.7 Å². The van der Waals surface area contributed by atoms with E-state index in [4.69, 9.17) is 9.47 Å². The summed E-state index contributed by atoms with van der Waals surface area (Å²) in [7, 11) is 3.28. The van der Waals surface area contributed by atoms with Gasteiger partial charge < -0.3 is 20.1 Å². The Balaban J connectivity index is 0.00000312. The van der Waals surface area contributed by atoms with Crippen molar-refractivity contribution in [2.75, 3.05) is 20.8 Å². The van der Waals surface area contributed by atoms with Crippen molar-refractivity contribution in [1.82, 2.24) is 15.6 Å². The summed E-state index contributed by atoms with van der Waals surface area (Å²) in [5.41, 5.74) is 1.92. The highest BCUT2D eigenvalue weighted by Crippen LogP contribution is 2.17. The highest BCUT2D eigenvalue weighted by Gasteiger charge is 2.03. The summed E-state index contributed by atoms with van der Waals surface area (Å²) in [6.45, 7) is 3.91. The Morgan fingerprint density at radius 3 is 2.56 bits per heavy atom. The molecule has 0 aliphatic rings. The van der Waals surface area contributed by atoms with E-state index in [9.17, 15) is 0 Å². The van der Waals surface area contributed by atoms with E-state index >= 15 is 0 Å². The van der Waals surface area contributed by atoms with Crippen LogP contribution in [0.25, 0.3) is 0 Å². The maximum Gasteiger partial charge on any atom is 0.213 e. The van der Waals surface area contributed by atoms with Crippen LogP contribution in [-0.4, -0.2) is 31.7 Å². The Morgan fingerprint density at radius 2 is 1.84 bits per heavy atom. The Kier molecular flexibility index (Phi) is 9.68. The summed E-state index contributed by atoms with van der Waals surface area (Å²) in [6.07, 6.45) is 0. The Labute approximate surface area is 166 Å². The third-order valence-corrected chi connectivity index (χ3v) is 3.37. The molecule has 25 heavy (non-hydrogen) atoms. The minimum absolute atomic E-state index is 0. The minimum Gasteiger partial charge on any atom is -0.496 e. The predicted molar refractivity (Wildman–Crippen MR) is 111 cm³/mol. The second-order valence-corrected chi connectivity index (χ2v) is 5.03. The van der Waals surface area contributed by atoms with Gasteiger partial charge in [0.25, 0.3) is 0 Å². The van der Waals surface area contributed by atoms with E-state index in [0.717, 1.165) is 29.5 Å². The lowest BCUT2D eigenvalue weighted by atomic mass is 10.2. The van der Waals surface area contributed by atoms with Gasteiger partial charge in [-0.2, -0.15) is 0 Å². The maximum atomic E-state index is 5.36. The molecule has 1 aromatic carbocycles. The second kappa shape index (κ2) is 11.5. The number of pyridine rings is 1. The summed E-state index contributed by atoms with van der Waals surface area (Å²) in [5.74, 6) is 2.17. The predicted octanol–water partition coefficient (Wildman–Crippen LogP) is 2.97. The number of para-hydroxylation sites is 1. The molecule has 0 fully saturated rings. The molecule has 2 aromatic rings. The van der Waals surface area contributed by atoms with Crippen LogP contribution in [0.5, 0.6) is 11.6 Å². The lowest BCUT2D eigenvalue weighted by Crippen LogP contribution is -2.37. The fourth-order valence-corrected chi connectivity index (χ4v) is 2.18. The van der Waals surface area contributed by atoms with Crippen molar-refractivity contribution < 1.29 is 9.47 Å². The Bertz CT molecular complexity index is 680. The number of methoxy groups -OCH3 is 2. The SMILES string of the molecule is CCNC(=NCc1ccccc1OC)NCc1cccc(OC)n1.I. The van der Waals surface area contributed by atoms with E-state index in [0.29, 0.717) is 19.0 Å². The smallest absolute Gasteiger partial charge is 0.213 e. The first-order chi connectivity index (χ1) is 11.8. The van der Waals surface area contributed by atoms with Gasteiger partial charge in [0.1, 0.15) is 5.75 Å². The zero-order chi connectivity index (χ0) is 17.2. The van der Waals surface area contributed by atoms with Gasteiger partial charge in [-0.05, 0) is 19.1 Å². The third kappa shape index (κ3) is 6.77. The van der Waals surface area contributed by atoms with Crippen LogP contribution in [0, 0.1) is 0 Å². The van der Waals surface area contributed by atoms with Gasteiger partial charge in [-0.3, -0.25) is 0 Å². The molecular formula is C18H25IN4O2. The standard InChI is InChI=1S/C18H24N4O2.HI/c1-4-19-18(20-12-14-8-5-6-10-16(14)23-2)21-13-15-9-7-11-17(22-15)24-3;/h5-11H,4,12-13H2,1-3H3,(H2,19,20,21);1H. The lowest BCUT2D eigenvalue weighted by molar-refractivity contribution is 0.396. The van der Waals surface area contributed by atoms with Crippen LogP contribution in [0.1, 0.15) is 18.2 Å². The molecule has 0 bridgehead atoms. The molecule has 0 radical (unpaired) electrons. The fraction of sp³-hybridized carbons (Fsp3) is 0.333. The van der Waals surface area contributed by atoms with Crippen LogP contribution in [-0.2, 0) is 13.1 Å². The molecule has 6 nitrogen and oxygen atoms in total. The molecule has 0 spiro atoms. The highest BCUT2D eigenvalue weighted by molar-refractivity contribution is 14.0. The average Bonchev–Trinajstić information content (AvgIpc) is 2.64. The van der Waals surface area contributed by atoms with Gasteiger partial charge in [-0.1, -0.05) is 24.3 Å². The molecular weight excluding hydrogens is 431 g/mol. The van der Waals surface area contributed by atoms with Gasteiger partial charge in [-0.15, -0.1) is 24.0 Å². The molecule has 0 aliphatic carbocycles. The molecule has 0 amide bonds. The van der Waals surface area contributed by atoms with E-state index in [-0.39, 0.29) is 24.0 Å². The Morgan fingerprint density at radius 1 is 1.04 bits per heavy atom. The van der Waals surface area contributed by atoms with Crippen LogP contribution in [0.2, 0.25) is 0 Å². The van der Waals surface area contributed by atoms with E-state index in [1.54, 1.807) is 14.2 Å². The quantitative estimate of drug-likeness (QED) is 0.381. The van der Waals surface area contributed by atoms with Crippen LogP contribution in [0.3, 0.4) is 0 Å². The summed E-state index contributed by atoms with van der Waals surface area (Å²) < 4.78 is 10.5. The molecule has 136 valence electrons. The highest BCUT2D eigenvalue weighted by atomic mass is 127. The van der Waals surface area contributed by atoms with Gasteiger partial charge in [0.2, 0.25) is 5.88 Å². The number of aromatic nitrogens is 1. The second-order valence-electron chi connectivity index (χ2n) is 5.03. The van der Waals surface area contributed by atoms with Crippen molar-refractivity contribution in [3.63, 3.8) is 0 Å². The third-order valence-electron chi connectivity index (χ3n) is 3.37. The van der Waals surface area contributed by atoms with Crippen LogP contribution in [0.4, 0.5) is 0 Å². The van der Waals surface area contributed by atoms with Gasteiger partial charge >= 0.3 is 0 Å². The molecule has 1 aromatic heterocycles. The molecule has 1 heterocycles. The van der Waals surface area contributed by atoms with E-state index in [1.165, 1.54) is 0 Å². The monoisotopic (exact) mass is 456 g/mol. The van der Waals surface area contributed by atoms with E-state index in [2.05, 4.69) is 20.6 Å². The number of benzene rings is 1. The van der Waals surface area contributed by atoms with Crippen molar-refractivity contribution in [2.24, 2.45) is 4.99 Å². The minimum atomic E-state index is 0. The van der Waals surface area contributed by atoms with Crippen LogP contribution < -0.4 is 20.1 Å². The number of nitrogens with one attached hydrogen (secondary N) is 2. The van der Waals surface area contributed by atoms with Crippen molar-refractivity contribution in [1.29, 1.82) is 0 Å². The summed E-state index contributed by atoms with van der Waals surface area (Å²) in [6, 6.07) is 13.6. The largest absolute Gasteiger partial charge is 0.496 e. The van der Waals surface area contributed by atoms with E-state index in [1.807, 2.05) is 49.4 Å². The number of hydrogen-bond acceptors (Lipinski definition) is 4. The number of halogens is 1. The summed E-state index contributed by atoms with van der Waals surface area (Å²) in [4.78, 5) is 8.99. The first-order valence-electron chi connectivity index (χ1n) is 7.90. The first-order valence-corrected chi connectivity index (χ1v) is 7.90. The normalized spacial score (nSPS) is 10.6. The number of rotatable bonds is 7. The molecule has 7 heteroatoms. The maximum absolute atomic E-state index is 5.36. The average molecular weight is 456 g/mol. The summed E-state index contributed by atoms with van der Waals surface area (Å²) in [5, 5.41) is 6.50. The zero-order valence-electron chi connectivity index (χ0n) is 14.8. The molecule has 0 saturated carbocycles. The fourth-order valence-electron chi connectivity index (χ4n) is 2.18. The summed E-state index contributed by atoms with van der Waals surface area (Å²) >= 11 is 0. The van der Waals surface area contributed by atoms with Crippen molar-refractivity contribution in [3.8, 4) is 11.6 Å². The molecule has 2 rings (SSSR count). The number of nitrogens with zero attached hydrogens (tertiary/aromatic N) is 2. The Hall–Kier alpha value is -2.03.